The van der Waals surface area contributed by atoms with Gasteiger partial charge in [0.05, 0.1) is 5.75 Å². The maximum absolute atomic E-state index is 12.1. The van der Waals surface area contributed by atoms with E-state index in [0.29, 0.717) is 11.0 Å². The van der Waals surface area contributed by atoms with Crippen molar-refractivity contribution < 1.29 is 9.59 Å². The molecule has 0 radical (unpaired) electrons. The molecule has 140 valence electrons. The van der Waals surface area contributed by atoms with Gasteiger partial charge in [-0.05, 0) is 26.3 Å². The molecule has 2 amide bonds. The van der Waals surface area contributed by atoms with Crippen molar-refractivity contribution in [2.24, 2.45) is 5.73 Å². The van der Waals surface area contributed by atoms with Gasteiger partial charge in [-0.3, -0.25) is 14.2 Å². The molecule has 1 heterocycles. The molecule has 0 fully saturated rings. The number of carbonyl (C=O) groups excluding carboxylic acids is 2. The smallest absolute Gasteiger partial charge is 0.237 e. The van der Waals surface area contributed by atoms with Crippen molar-refractivity contribution in [3.05, 3.63) is 29.8 Å². The molecule has 26 heavy (non-hydrogen) atoms. The van der Waals surface area contributed by atoms with Crippen LogP contribution in [0.1, 0.15) is 32.3 Å². The second kappa shape index (κ2) is 9.38. The minimum Gasteiger partial charge on any atom is -0.368 e. The van der Waals surface area contributed by atoms with E-state index >= 15 is 0 Å². The lowest BCUT2D eigenvalue weighted by atomic mass is 10.1. The first-order valence-electron chi connectivity index (χ1n) is 8.61. The number of rotatable bonds is 9. The van der Waals surface area contributed by atoms with E-state index in [1.807, 2.05) is 38.1 Å². The molecule has 1 aromatic heterocycles. The number of hydrogen-bond donors (Lipinski definition) is 2. The molecule has 1 unspecified atom stereocenters. The topological polar surface area (TPSA) is 103 Å². The van der Waals surface area contributed by atoms with Crippen molar-refractivity contribution in [1.29, 1.82) is 0 Å². The summed E-state index contributed by atoms with van der Waals surface area (Å²) in [6, 6.07) is 7.91. The first kappa shape index (κ1) is 20.0. The highest BCUT2D eigenvalue weighted by Gasteiger charge is 2.17. The number of hydrogen-bond acceptors (Lipinski definition) is 5. The monoisotopic (exact) mass is 375 g/mol. The summed E-state index contributed by atoms with van der Waals surface area (Å²) in [5.41, 5.74) is 7.31. The summed E-state index contributed by atoms with van der Waals surface area (Å²) < 4.78 is 1.66. The van der Waals surface area contributed by atoms with Gasteiger partial charge in [-0.1, -0.05) is 48.9 Å². The lowest BCUT2D eigenvalue weighted by Crippen LogP contribution is -2.33. The Bertz CT molecular complexity index is 775. The summed E-state index contributed by atoms with van der Waals surface area (Å²) >= 11 is 1.25. The Kier molecular flexibility index (Phi) is 7.20. The van der Waals surface area contributed by atoms with Gasteiger partial charge in [-0.15, -0.1) is 10.2 Å². The molecule has 0 aliphatic heterocycles. The average molecular weight is 375 g/mol. The molecule has 0 bridgehead atoms. The van der Waals surface area contributed by atoms with E-state index in [9.17, 15) is 9.59 Å². The quantitative estimate of drug-likeness (QED) is 0.654. The van der Waals surface area contributed by atoms with Gasteiger partial charge in [0.25, 0.3) is 0 Å². The highest BCUT2D eigenvalue weighted by molar-refractivity contribution is 7.99. The largest absolute Gasteiger partial charge is 0.368 e. The number of thioether (sulfide) groups is 1. The number of nitrogens with two attached hydrogens (primary N) is 1. The number of amides is 2. The first-order chi connectivity index (χ1) is 12.4. The molecule has 2 rings (SSSR count). The minimum atomic E-state index is -0.485. The van der Waals surface area contributed by atoms with Gasteiger partial charge in [-0.25, -0.2) is 0 Å². The Morgan fingerprint density at radius 3 is 2.77 bits per heavy atom. The highest BCUT2D eigenvalue weighted by Crippen LogP contribution is 2.24. The number of aryl methyl sites for hydroxylation is 1. The fourth-order valence-electron chi connectivity index (χ4n) is 2.64. The third kappa shape index (κ3) is 5.59. The van der Waals surface area contributed by atoms with Gasteiger partial charge in [-0.2, -0.15) is 0 Å². The molecule has 0 spiro atoms. The fourth-order valence-corrected chi connectivity index (χ4v) is 3.39. The molecule has 7 nitrogen and oxygen atoms in total. The second-order valence-electron chi connectivity index (χ2n) is 6.27. The average Bonchev–Trinajstić information content (AvgIpc) is 2.95. The maximum atomic E-state index is 12.1. The number of carbonyl (C=O) groups is 2. The zero-order valence-corrected chi connectivity index (χ0v) is 16.2. The van der Waals surface area contributed by atoms with Crippen LogP contribution in [0.2, 0.25) is 0 Å². The molecule has 0 saturated carbocycles. The van der Waals surface area contributed by atoms with E-state index in [2.05, 4.69) is 22.4 Å². The van der Waals surface area contributed by atoms with Gasteiger partial charge < -0.3 is 11.1 Å². The van der Waals surface area contributed by atoms with E-state index in [4.69, 9.17) is 5.73 Å². The summed E-state index contributed by atoms with van der Waals surface area (Å²) in [6.45, 7) is 6.01. The molecule has 0 saturated heterocycles. The van der Waals surface area contributed by atoms with E-state index in [1.165, 1.54) is 11.8 Å². The molecular weight excluding hydrogens is 350 g/mol. The molecule has 0 aliphatic rings. The normalized spacial score (nSPS) is 12.0. The van der Waals surface area contributed by atoms with Crippen LogP contribution in [-0.2, 0) is 16.1 Å². The SMILES string of the molecule is CCCC(C)NC(=O)CSc1nnc(-c2cccc(C)c2)n1CC(N)=O. The zero-order chi connectivity index (χ0) is 19.1. The van der Waals surface area contributed by atoms with E-state index in [0.717, 1.165) is 24.0 Å². The van der Waals surface area contributed by atoms with Crippen LogP contribution >= 0.6 is 11.8 Å². The zero-order valence-electron chi connectivity index (χ0n) is 15.4. The van der Waals surface area contributed by atoms with Crippen LogP contribution in [0.25, 0.3) is 11.4 Å². The van der Waals surface area contributed by atoms with Crippen LogP contribution in [0.4, 0.5) is 0 Å². The third-order valence-corrected chi connectivity index (χ3v) is 4.74. The predicted octanol–water partition coefficient (Wildman–Crippen LogP) is 2.14. The molecule has 0 aliphatic carbocycles. The van der Waals surface area contributed by atoms with Crippen molar-refractivity contribution in [2.45, 2.75) is 51.4 Å². The standard InChI is InChI=1S/C18H25N5O2S/c1-4-6-13(3)20-16(25)11-26-18-22-21-17(23(18)10-15(19)24)14-8-5-7-12(2)9-14/h5,7-9,13H,4,6,10-11H2,1-3H3,(H2,19,24)(H,20,25). The van der Waals surface area contributed by atoms with E-state index < -0.39 is 5.91 Å². The lowest BCUT2D eigenvalue weighted by molar-refractivity contribution is -0.119. The maximum Gasteiger partial charge on any atom is 0.237 e. The molecule has 1 aromatic carbocycles. The summed E-state index contributed by atoms with van der Waals surface area (Å²) in [7, 11) is 0. The highest BCUT2D eigenvalue weighted by atomic mass is 32.2. The lowest BCUT2D eigenvalue weighted by Gasteiger charge is -2.12. The Morgan fingerprint density at radius 1 is 1.35 bits per heavy atom. The fraction of sp³-hybridized carbons (Fsp3) is 0.444. The van der Waals surface area contributed by atoms with Crippen molar-refractivity contribution >= 4 is 23.6 Å². The number of nitrogens with one attached hydrogen (secondary N) is 1. The second-order valence-corrected chi connectivity index (χ2v) is 7.22. The third-order valence-electron chi connectivity index (χ3n) is 3.77. The van der Waals surface area contributed by atoms with Gasteiger partial charge in [0, 0.05) is 11.6 Å². The summed E-state index contributed by atoms with van der Waals surface area (Å²) in [6.07, 6.45) is 1.95. The van der Waals surface area contributed by atoms with Gasteiger partial charge in [0.2, 0.25) is 11.8 Å². The van der Waals surface area contributed by atoms with Gasteiger partial charge in [0.1, 0.15) is 6.54 Å². The predicted molar refractivity (Wildman–Crippen MR) is 103 cm³/mol. The first-order valence-corrected chi connectivity index (χ1v) is 9.60. The molecular formula is C18H25N5O2S. The number of aromatic nitrogens is 3. The Morgan fingerprint density at radius 2 is 2.12 bits per heavy atom. The molecule has 1 atom stereocenters. The van der Waals surface area contributed by atoms with Gasteiger partial charge >= 0.3 is 0 Å². The molecule has 2 aromatic rings. The van der Waals surface area contributed by atoms with Crippen LogP contribution in [0.3, 0.4) is 0 Å². The molecule has 3 N–H and O–H groups in total. The van der Waals surface area contributed by atoms with Crippen LogP contribution in [0, 0.1) is 6.92 Å². The van der Waals surface area contributed by atoms with Crippen LogP contribution in [0.5, 0.6) is 0 Å². The Hall–Kier alpha value is -2.35. The van der Waals surface area contributed by atoms with Crippen LogP contribution in [0.15, 0.2) is 29.4 Å². The summed E-state index contributed by atoms with van der Waals surface area (Å²) in [5, 5.41) is 11.8. The van der Waals surface area contributed by atoms with E-state index in [1.54, 1.807) is 4.57 Å². The van der Waals surface area contributed by atoms with Gasteiger partial charge in [0.15, 0.2) is 11.0 Å². The minimum absolute atomic E-state index is 0.0353. The van der Waals surface area contributed by atoms with Crippen molar-refractivity contribution in [3.8, 4) is 11.4 Å². The number of nitrogens with zero attached hydrogens (tertiary/aromatic N) is 3. The number of primary amides is 1. The van der Waals surface area contributed by atoms with Crippen molar-refractivity contribution in [2.75, 3.05) is 5.75 Å². The summed E-state index contributed by atoms with van der Waals surface area (Å²) in [5.74, 6) is 0.219. The van der Waals surface area contributed by atoms with Crippen molar-refractivity contribution in [1.82, 2.24) is 20.1 Å². The van der Waals surface area contributed by atoms with Crippen LogP contribution in [-0.4, -0.2) is 38.4 Å². The van der Waals surface area contributed by atoms with Crippen LogP contribution < -0.4 is 11.1 Å². The summed E-state index contributed by atoms with van der Waals surface area (Å²) in [4.78, 5) is 23.6. The Balaban J connectivity index is 2.16. The molecule has 8 heteroatoms. The van der Waals surface area contributed by atoms with E-state index in [-0.39, 0.29) is 24.2 Å². The van der Waals surface area contributed by atoms with Crippen molar-refractivity contribution in [3.63, 3.8) is 0 Å². The number of benzene rings is 1. The Labute approximate surface area is 157 Å².